The van der Waals surface area contributed by atoms with Crippen molar-refractivity contribution in [1.82, 2.24) is 4.57 Å². The van der Waals surface area contributed by atoms with Gasteiger partial charge in [0.2, 0.25) is 0 Å². The standard InChI is InChI=1S/C19H22Cl2N2O2/c1-19(2,11-24)22-9-14(25)10-23-17-5-3-12(20)7-15(17)16-8-13(21)4-6-18(16)23/h3-8,14,22,24-25H,9-11H2,1-2H3/p+1/t14-/m1/s1. The van der Waals surface area contributed by atoms with E-state index < -0.39 is 6.10 Å². The van der Waals surface area contributed by atoms with E-state index >= 15 is 0 Å². The van der Waals surface area contributed by atoms with Crippen LogP contribution in [0.15, 0.2) is 36.4 Å². The molecule has 4 nitrogen and oxygen atoms in total. The van der Waals surface area contributed by atoms with Crippen LogP contribution in [0.3, 0.4) is 0 Å². The maximum Gasteiger partial charge on any atom is 0.121 e. The summed E-state index contributed by atoms with van der Waals surface area (Å²) >= 11 is 12.3. The average molecular weight is 382 g/mol. The van der Waals surface area contributed by atoms with Crippen molar-refractivity contribution < 1.29 is 15.5 Å². The summed E-state index contributed by atoms with van der Waals surface area (Å²) in [6.45, 7) is 4.93. The smallest absolute Gasteiger partial charge is 0.121 e. The molecule has 25 heavy (non-hydrogen) atoms. The van der Waals surface area contributed by atoms with Crippen molar-refractivity contribution >= 4 is 45.0 Å². The van der Waals surface area contributed by atoms with Gasteiger partial charge in [-0.2, -0.15) is 0 Å². The monoisotopic (exact) mass is 381 g/mol. The summed E-state index contributed by atoms with van der Waals surface area (Å²) in [7, 11) is 0. The quantitative estimate of drug-likeness (QED) is 0.614. The van der Waals surface area contributed by atoms with Crippen LogP contribution < -0.4 is 5.32 Å². The molecule has 0 spiro atoms. The molecule has 3 aromatic rings. The van der Waals surface area contributed by atoms with Crippen LogP contribution in [-0.2, 0) is 6.54 Å². The number of hydrogen-bond donors (Lipinski definition) is 3. The summed E-state index contributed by atoms with van der Waals surface area (Å²) in [5.74, 6) is 0. The van der Waals surface area contributed by atoms with Crippen LogP contribution >= 0.6 is 23.2 Å². The number of nitrogens with two attached hydrogens (primary N) is 1. The van der Waals surface area contributed by atoms with Crippen molar-refractivity contribution in [3.63, 3.8) is 0 Å². The van der Waals surface area contributed by atoms with Gasteiger partial charge >= 0.3 is 0 Å². The molecule has 0 saturated heterocycles. The van der Waals surface area contributed by atoms with E-state index in [4.69, 9.17) is 23.2 Å². The molecule has 4 N–H and O–H groups in total. The second-order valence-electron chi connectivity index (χ2n) is 7.17. The second-order valence-corrected chi connectivity index (χ2v) is 8.05. The highest BCUT2D eigenvalue weighted by atomic mass is 35.5. The molecule has 2 aromatic carbocycles. The zero-order chi connectivity index (χ0) is 18.2. The van der Waals surface area contributed by atoms with Crippen LogP contribution in [0.25, 0.3) is 21.8 Å². The number of hydrogen-bond acceptors (Lipinski definition) is 2. The Labute approximate surface area is 157 Å². The van der Waals surface area contributed by atoms with Crippen molar-refractivity contribution in [1.29, 1.82) is 0 Å². The normalized spacial score (nSPS) is 13.7. The molecule has 3 rings (SSSR count). The number of aliphatic hydroxyl groups excluding tert-OH is 2. The Morgan fingerprint density at radius 1 is 1.04 bits per heavy atom. The molecular formula is C19H23Cl2N2O2+. The Hall–Kier alpha value is -1.30. The van der Waals surface area contributed by atoms with E-state index in [1.54, 1.807) is 0 Å². The summed E-state index contributed by atoms with van der Waals surface area (Å²) in [5, 5.41) is 25.2. The lowest BCUT2D eigenvalue weighted by molar-refractivity contribution is -0.727. The van der Waals surface area contributed by atoms with Crippen LogP contribution in [0.2, 0.25) is 10.0 Å². The number of fused-ring (bicyclic) bond motifs is 3. The molecule has 0 fully saturated rings. The van der Waals surface area contributed by atoms with E-state index in [1.165, 1.54) is 0 Å². The molecular weight excluding hydrogens is 359 g/mol. The van der Waals surface area contributed by atoms with Crippen molar-refractivity contribution in [3.05, 3.63) is 46.4 Å². The minimum absolute atomic E-state index is 0.0616. The zero-order valence-electron chi connectivity index (χ0n) is 14.3. The zero-order valence-corrected chi connectivity index (χ0v) is 15.8. The lowest BCUT2D eigenvalue weighted by Crippen LogP contribution is -2.97. The van der Waals surface area contributed by atoms with Crippen LogP contribution in [0, 0.1) is 0 Å². The first-order valence-electron chi connectivity index (χ1n) is 8.31. The van der Waals surface area contributed by atoms with Crippen molar-refractivity contribution in [2.75, 3.05) is 13.2 Å². The van der Waals surface area contributed by atoms with Crippen molar-refractivity contribution in [2.24, 2.45) is 0 Å². The molecule has 134 valence electrons. The van der Waals surface area contributed by atoms with Gasteiger partial charge in [-0.05, 0) is 50.2 Å². The molecule has 1 atom stereocenters. The summed E-state index contributed by atoms with van der Waals surface area (Å²) in [5.41, 5.74) is 1.73. The van der Waals surface area contributed by atoms with Gasteiger partial charge in [-0.15, -0.1) is 0 Å². The molecule has 0 aliphatic carbocycles. The van der Waals surface area contributed by atoms with E-state index in [2.05, 4.69) is 4.57 Å². The molecule has 0 bridgehead atoms. The first-order valence-corrected chi connectivity index (χ1v) is 9.06. The number of rotatable bonds is 6. The van der Waals surface area contributed by atoms with Gasteiger partial charge in [-0.1, -0.05) is 23.2 Å². The molecule has 0 amide bonds. The Bertz CT molecular complexity index is 846. The molecule has 0 radical (unpaired) electrons. The Morgan fingerprint density at radius 3 is 2.04 bits per heavy atom. The van der Waals surface area contributed by atoms with Gasteiger partial charge < -0.3 is 20.1 Å². The number of aliphatic hydroxyl groups is 2. The van der Waals surface area contributed by atoms with Crippen LogP contribution in [-0.4, -0.2) is 39.6 Å². The third kappa shape index (κ3) is 3.94. The van der Waals surface area contributed by atoms with Crippen LogP contribution in [0.1, 0.15) is 13.8 Å². The highest BCUT2D eigenvalue weighted by molar-refractivity contribution is 6.33. The number of halogens is 2. The molecule has 0 unspecified atom stereocenters. The maximum atomic E-state index is 10.5. The van der Waals surface area contributed by atoms with Crippen molar-refractivity contribution in [3.8, 4) is 0 Å². The van der Waals surface area contributed by atoms with Gasteiger partial charge in [0.25, 0.3) is 0 Å². The second kappa shape index (κ2) is 7.14. The minimum atomic E-state index is -0.545. The molecule has 0 aliphatic heterocycles. The maximum absolute atomic E-state index is 10.5. The third-order valence-electron chi connectivity index (χ3n) is 4.53. The van der Waals surface area contributed by atoms with Gasteiger partial charge in [0.15, 0.2) is 0 Å². The summed E-state index contributed by atoms with van der Waals surface area (Å²) < 4.78 is 2.10. The number of aromatic nitrogens is 1. The van der Waals surface area contributed by atoms with Crippen LogP contribution in [0.4, 0.5) is 0 Å². The van der Waals surface area contributed by atoms with Crippen LogP contribution in [0.5, 0.6) is 0 Å². The molecule has 0 aliphatic rings. The van der Waals surface area contributed by atoms with Gasteiger partial charge in [-0.3, -0.25) is 0 Å². The lowest BCUT2D eigenvalue weighted by atomic mass is 10.1. The van der Waals surface area contributed by atoms with E-state index in [0.29, 0.717) is 23.1 Å². The first-order chi connectivity index (χ1) is 11.8. The fourth-order valence-corrected chi connectivity index (χ4v) is 3.39. The highest BCUT2D eigenvalue weighted by Crippen LogP contribution is 2.32. The molecule has 0 saturated carbocycles. The average Bonchev–Trinajstić information content (AvgIpc) is 2.86. The number of quaternary nitrogens is 1. The first kappa shape index (κ1) is 18.5. The fourth-order valence-electron chi connectivity index (χ4n) is 3.05. The summed E-state index contributed by atoms with van der Waals surface area (Å²) in [4.78, 5) is 0. The summed E-state index contributed by atoms with van der Waals surface area (Å²) in [6, 6.07) is 11.5. The van der Waals surface area contributed by atoms with Gasteiger partial charge in [0, 0.05) is 31.9 Å². The van der Waals surface area contributed by atoms with Crippen molar-refractivity contribution in [2.45, 2.75) is 32.0 Å². The number of benzene rings is 2. The Kier molecular flexibility index (Phi) is 5.28. The Balaban J connectivity index is 1.97. The largest absolute Gasteiger partial charge is 0.390 e. The predicted octanol–water partition coefficient (Wildman–Crippen LogP) is 2.80. The lowest BCUT2D eigenvalue weighted by Gasteiger charge is -2.22. The minimum Gasteiger partial charge on any atom is -0.390 e. The Morgan fingerprint density at radius 2 is 1.56 bits per heavy atom. The van der Waals surface area contributed by atoms with Gasteiger partial charge in [-0.25, -0.2) is 0 Å². The predicted molar refractivity (Wildman–Crippen MR) is 103 cm³/mol. The van der Waals surface area contributed by atoms with E-state index in [9.17, 15) is 10.2 Å². The van der Waals surface area contributed by atoms with E-state index in [-0.39, 0.29) is 12.1 Å². The molecule has 1 aromatic heterocycles. The van der Waals surface area contributed by atoms with Gasteiger partial charge in [0.1, 0.15) is 18.2 Å². The highest BCUT2D eigenvalue weighted by Gasteiger charge is 2.22. The van der Waals surface area contributed by atoms with E-state index in [1.807, 2.05) is 55.6 Å². The van der Waals surface area contributed by atoms with E-state index in [0.717, 1.165) is 21.8 Å². The number of nitrogens with zero attached hydrogens (tertiary/aromatic N) is 1. The van der Waals surface area contributed by atoms with Gasteiger partial charge in [0.05, 0.1) is 13.2 Å². The summed E-state index contributed by atoms with van der Waals surface area (Å²) in [6.07, 6.45) is -0.545. The third-order valence-corrected chi connectivity index (χ3v) is 5.00. The SMILES string of the molecule is CC(C)(CO)[NH2+]C[C@@H](O)Cn1c2ccc(Cl)cc2c2cc(Cl)ccc21. The topological polar surface area (TPSA) is 62.0 Å². The molecule has 6 heteroatoms. The fraction of sp³-hybridized carbons (Fsp3) is 0.368. The molecule has 1 heterocycles.